The van der Waals surface area contributed by atoms with Crippen molar-refractivity contribution in [3.63, 3.8) is 0 Å². The molecule has 0 aliphatic carbocycles. The van der Waals surface area contributed by atoms with Gasteiger partial charge in [-0.25, -0.2) is 0 Å². The van der Waals surface area contributed by atoms with Crippen LogP contribution in [0.2, 0.25) is 0 Å². The number of benzene rings is 1. The normalized spacial score (nSPS) is 16.6. The summed E-state index contributed by atoms with van der Waals surface area (Å²) < 4.78 is 5.17. The van der Waals surface area contributed by atoms with Crippen LogP contribution in [0.3, 0.4) is 0 Å². The van der Waals surface area contributed by atoms with Crippen molar-refractivity contribution in [2.45, 2.75) is 45.6 Å². The molecule has 6 heteroatoms. The number of ether oxygens (including phenoxy) is 1. The van der Waals surface area contributed by atoms with Crippen LogP contribution < -0.4 is 15.8 Å². The Kier molecular flexibility index (Phi) is 10.2. The van der Waals surface area contributed by atoms with E-state index in [4.69, 9.17) is 10.5 Å². The summed E-state index contributed by atoms with van der Waals surface area (Å²) in [6, 6.07) is 8.21. The Morgan fingerprint density at radius 3 is 2.32 bits per heavy atom. The monoisotopic (exact) mass is 460 g/mol. The number of anilines is 1. The van der Waals surface area contributed by atoms with Crippen molar-refractivity contribution in [3.05, 3.63) is 24.3 Å². The Labute approximate surface area is 169 Å². The largest absolute Gasteiger partial charge is 0.497 e. The predicted octanol–water partition coefficient (Wildman–Crippen LogP) is 3.94. The molecular formula is C19H33IN4O. The molecule has 25 heavy (non-hydrogen) atoms. The summed E-state index contributed by atoms with van der Waals surface area (Å²) in [6.45, 7) is 7.71. The molecule has 5 nitrogen and oxygen atoms in total. The Balaban J connectivity index is 0.00000312. The highest BCUT2D eigenvalue weighted by Crippen LogP contribution is 2.23. The van der Waals surface area contributed by atoms with Gasteiger partial charge >= 0.3 is 0 Å². The number of hydrogen-bond acceptors (Lipinski definition) is 3. The topological polar surface area (TPSA) is 62.9 Å². The number of guanidine groups is 1. The van der Waals surface area contributed by atoms with Gasteiger partial charge in [0.05, 0.1) is 13.7 Å². The van der Waals surface area contributed by atoms with Gasteiger partial charge in [0.1, 0.15) is 5.75 Å². The third kappa shape index (κ3) is 6.66. The molecule has 2 rings (SSSR count). The van der Waals surface area contributed by atoms with E-state index in [2.05, 4.69) is 29.1 Å². The minimum absolute atomic E-state index is 0. The van der Waals surface area contributed by atoms with Crippen molar-refractivity contribution in [2.75, 3.05) is 32.1 Å². The van der Waals surface area contributed by atoms with Gasteiger partial charge in [0.15, 0.2) is 5.96 Å². The maximum absolute atomic E-state index is 6.10. The van der Waals surface area contributed by atoms with E-state index in [0.717, 1.165) is 18.0 Å². The fraction of sp³-hybridized carbons (Fsp3) is 0.632. The van der Waals surface area contributed by atoms with Crippen LogP contribution in [0.25, 0.3) is 0 Å². The van der Waals surface area contributed by atoms with Crippen molar-refractivity contribution < 1.29 is 4.74 Å². The highest BCUT2D eigenvalue weighted by molar-refractivity contribution is 14.0. The van der Waals surface area contributed by atoms with E-state index in [0.29, 0.717) is 17.9 Å². The molecule has 1 heterocycles. The molecule has 0 spiro atoms. The molecule has 0 amide bonds. The highest BCUT2D eigenvalue weighted by atomic mass is 127. The summed E-state index contributed by atoms with van der Waals surface area (Å²) in [7, 11) is 1.66. The van der Waals surface area contributed by atoms with Crippen LogP contribution in [0.4, 0.5) is 5.69 Å². The smallest absolute Gasteiger partial charge is 0.193 e. The zero-order valence-corrected chi connectivity index (χ0v) is 18.0. The van der Waals surface area contributed by atoms with Crippen molar-refractivity contribution in [1.82, 2.24) is 4.90 Å². The standard InChI is InChI=1S/C19H32N4O.HI/c1-4-15(5-2)18(23-12-6-7-13-23)14-21-19(20)22-16-8-10-17(24-3)11-9-16;/h8-11,15,18H,4-7,12-14H2,1-3H3,(H3,20,21,22);1H. The van der Waals surface area contributed by atoms with Crippen molar-refractivity contribution in [1.29, 1.82) is 0 Å². The number of nitrogens with two attached hydrogens (primary N) is 1. The van der Waals surface area contributed by atoms with Gasteiger partial charge in [-0.05, 0) is 56.1 Å². The number of rotatable bonds is 8. The van der Waals surface area contributed by atoms with Crippen molar-refractivity contribution in [3.8, 4) is 5.75 Å². The average molecular weight is 460 g/mol. The van der Waals surface area contributed by atoms with Gasteiger partial charge in [0.2, 0.25) is 0 Å². The highest BCUT2D eigenvalue weighted by Gasteiger charge is 2.27. The van der Waals surface area contributed by atoms with E-state index in [9.17, 15) is 0 Å². The number of halogens is 1. The number of likely N-dealkylation sites (tertiary alicyclic amines) is 1. The van der Waals surface area contributed by atoms with Crippen LogP contribution in [0.5, 0.6) is 5.75 Å². The van der Waals surface area contributed by atoms with Crippen molar-refractivity contribution in [2.24, 2.45) is 16.6 Å². The molecule has 1 aromatic rings. The van der Waals surface area contributed by atoms with Gasteiger partial charge in [0.25, 0.3) is 0 Å². The first kappa shape index (κ1) is 22.0. The summed E-state index contributed by atoms with van der Waals surface area (Å²) in [6.07, 6.45) is 5.00. The van der Waals surface area contributed by atoms with Crippen LogP contribution in [0, 0.1) is 5.92 Å². The van der Waals surface area contributed by atoms with Gasteiger partial charge in [0, 0.05) is 11.7 Å². The van der Waals surface area contributed by atoms with E-state index in [-0.39, 0.29) is 24.0 Å². The molecule has 1 unspecified atom stereocenters. The summed E-state index contributed by atoms with van der Waals surface area (Å²) >= 11 is 0. The minimum Gasteiger partial charge on any atom is -0.497 e. The quantitative estimate of drug-likeness (QED) is 0.351. The van der Waals surface area contributed by atoms with Gasteiger partial charge in [-0.3, -0.25) is 9.89 Å². The van der Waals surface area contributed by atoms with Gasteiger partial charge < -0.3 is 15.8 Å². The number of methoxy groups -OCH3 is 1. The minimum atomic E-state index is 0. The number of nitrogens with zero attached hydrogens (tertiary/aromatic N) is 2. The summed E-state index contributed by atoms with van der Waals surface area (Å²) in [5.41, 5.74) is 7.02. The van der Waals surface area contributed by atoms with Crippen molar-refractivity contribution >= 4 is 35.6 Å². The van der Waals surface area contributed by atoms with Gasteiger partial charge in [-0.15, -0.1) is 24.0 Å². The average Bonchev–Trinajstić information content (AvgIpc) is 3.13. The lowest BCUT2D eigenvalue weighted by atomic mass is 9.93. The summed E-state index contributed by atoms with van der Waals surface area (Å²) in [4.78, 5) is 7.23. The molecular weight excluding hydrogens is 427 g/mol. The first-order chi connectivity index (χ1) is 11.7. The number of aliphatic imine (C=N–C) groups is 1. The maximum atomic E-state index is 6.10. The lowest BCUT2D eigenvalue weighted by Crippen LogP contribution is -2.41. The third-order valence-corrected chi connectivity index (χ3v) is 5.01. The number of hydrogen-bond donors (Lipinski definition) is 2. The molecule has 3 N–H and O–H groups in total. The lowest BCUT2D eigenvalue weighted by Gasteiger charge is -2.32. The summed E-state index contributed by atoms with van der Waals surface area (Å²) in [5.74, 6) is 2.00. The Morgan fingerprint density at radius 2 is 1.80 bits per heavy atom. The second-order valence-corrected chi connectivity index (χ2v) is 6.47. The molecule has 1 aromatic carbocycles. The Morgan fingerprint density at radius 1 is 1.20 bits per heavy atom. The van der Waals surface area contributed by atoms with E-state index in [1.807, 2.05) is 24.3 Å². The van der Waals surface area contributed by atoms with E-state index < -0.39 is 0 Å². The molecule has 0 radical (unpaired) electrons. The van der Waals surface area contributed by atoms with E-state index >= 15 is 0 Å². The molecule has 0 saturated carbocycles. The molecule has 1 fully saturated rings. The number of nitrogens with one attached hydrogen (secondary N) is 1. The third-order valence-electron chi connectivity index (χ3n) is 5.01. The molecule has 1 aliphatic heterocycles. The van der Waals surface area contributed by atoms with Gasteiger partial charge in [-0.1, -0.05) is 26.7 Å². The fourth-order valence-corrected chi connectivity index (χ4v) is 3.52. The molecule has 0 aromatic heterocycles. The van der Waals surface area contributed by atoms with Gasteiger partial charge in [-0.2, -0.15) is 0 Å². The predicted molar refractivity (Wildman–Crippen MR) is 117 cm³/mol. The zero-order valence-electron chi connectivity index (χ0n) is 15.7. The molecule has 142 valence electrons. The maximum Gasteiger partial charge on any atom is 0.193 e. The second kappa shape index (κ2) is 11.6. The Bertz CT molecular complexity index is 509. The SMILES string of the molecule is CCC(CC)C(CN=C(N)Nc1ccc(OC)cc1)N1CCCC1.I. The zero-order chi connectivity index (χ0) is 17.4. The lowest BCUT2D eigenvalue weighted by molar-refractivity contribution is 0.172. The van der Waals surface area contributed by atoms with E-state index in [1.165, 1.54) is 38.8 Å². The van der Waals surface area contributed by atoms with Crippen LogP contribution in [0.15, 0.2) is 29.3 Å². The first-order valence-corrected chi connectivity index (χ1v) is 9.13. The fourth-order valence-electron chi connectivity index (χ4n) is 3.52. The van der Waals surface area contributed by atoms with Crippen LogP contribution >= 0.6 is 24.0 Å². The molecule has 1 saturated heterocycles. The molecule has 1 atom stereocenters. The summed E-state index contributed by atoms with van der Waals surface area (Å²) in [5, 5.41) is 3.17. The molecule has 0 bridgehead atoms. The molecule has 1 aliphatic rings. The Hall–Kier alpha value is -1.02. The van der Waals surface area contributed by atoms with Crippen LogP contribution in [0.1, 0.15) is 39.5 Å². The van der Waals surface area contributed by atoms with Crippen LogP contribution in [-0.2, 0) is 0 Å². The van der Waals surface area contributed by atoms with Crippen LogP contribution in [-0.4, -0.2) is 43.6 Å². The van der Waals surface area contributed by atoms with E-state index in [1.54, 1.807) is 7.11 Å². The second-order valence-electron chi connectivity index (χ2n) is 6.47. The first-order valence-electron chi connectivity index (χ1n) is 9.13.